The zero-order valence-electron chi connectivity index (χ0n) is 18.0. The van der Waals surface area contributed by atoms with Crippen LogP contribution >= 0.6 is 11.6 Å². The average molecular weight is 455 g/mol. The van der Waals surface area contributed by atoms with Crippen LogP contribution in [0.1, 0.15) is 37.3 Å². The highest BCUT2D eigenvalue weighted by atomic mass is 35.5. The first-order valence-corrected chi connectivity index (χ1v) is 11.3. The van der Waals surface area contributed by atoms with Gasteiger partial charge < -0.3 is 26.3 Å². The Morgan fingerprint density at radius 2 is 2.09 bits per heavy atom. The van der Waals surface area contributed by atoms with Gasteiger partial charge in [0.25, 0.3) is 0 Å². The summed E-state index contributed by atoms with van der Waals surface area (Å²) in [6.45, 7) is 3.77. The molecule has 9 nitrogen and oxygen atoms in total. The number of nitrogens with zero attached hydrogens (tertiary/aromatic N) is 5. The van der Waals surface area contributed by atoms with Crippen molar-refractivity contribution in [3.63, 3.8) is 0 Å². The minimum absolute atomic E-state index is 0.0542. The molecule has 2 aliphatic rings. The van der Waals surface area contributed by atoms with Gasteiger partial charge in [-0.2, -0.15) is 0 Å². The van der Waals surface area contributed by atoms with E-state index in [0.717, 1.165) is 41.1 Å². The molecular weight excluding hydrogens is 428 g/mol. The van der Waals surface area contributed by atoms with E-state index in [1.165, 1.54) is 6.33 Å². The van der Waals surface area contributed by atoms with E-state index in [4.69, 9.17) is 23.1 Å². The second kappa shape index (κ2) is 7.90. The first kappa shape index (κ1) is 21.0. The van der Waals surface area contributed by atoms with Gasteiger partial charge in [-0.3, -0.25) is 4.79 Å². The first-order chi connectivity index (χ1) is 15.4. The fourth-order valence-corrected chi connectivity index (χ4v) is 4.78. The van der Waals surface area contributed by atoms with Crippen LogP contribution in [0.15, 0.2) is 24.8 Å². The summed E-state index contributed by atoms with van der Waals surface area (Å²) in [7, 11) is 0. The van der Waals surface area contributed by atoms with Crippen LogP contribution in [0.4, 0.5) is 11.5 Å². The van der Waals surface area contributed by atoms with Gasteiger partial charge in [0.05, 0.1) is 12.9 Å². The van der Waals surface area contributed by atoms with Crippen LogP contribution in [0, 0.1) is 0 Å². The highest BCUT2D eigenvalue weighted by molar-refractivity contribution is 6.31. The third kappa shape index (κ3) is 3.65. The molecule has 3 aromatic rings. The van der Waals surface area contributed by atoms with Gasteiger partial charge in [-0.1, -0.05) is 18.5 Å². The summed E-state index contributed by atoms with van der Waals surface area (Å²) < 4.78 is 1.95. The number of benzene rings is 1. The number of carbonyl (C=O) groups is 1. The Morgan fingerprint density at radius 1 is 1.28 bits per heavy atom. The van der Waals surface area contributed by atoms with Crippen molar-refractivity contribution < 1.29 is 4.79 Å². The summed E-state index contributed by atoms with van der Waals surface area (Å²) >= 11 is 6.58. The van der Waals surface area contributed by atoms with Crippen LogP contribution in [0.3, 0.4) is 0 Å². The number of carbonyl (C=O) groups excluding carboxylic acids is 1. The number of hydrogen-bond acceptors (Lipinski definition) is 7. The zero-order valence-corrected chi connectivity index (χ0v) is 18.8. The van der Waals surface area contributed by atoms with E-state index in [1.807, 2.05) is 16.7 Å². The molecule has 0 radical (unpaired) electrons. The quantitative estimate of drug-likeness (QED) is 0.518. The number of nitrogens with one attached hydrogen (secondary N) is 1. The number of nitrogen functional groups attached to an aromatic ring is 1. The largest absolute Gasteiger partial charge is 0.382 e. The van der Waals surface area contributed by atoms with Crippen LogP contribution in [0.5, 0.6) is 0 Å². The van der Waals surface area contributed by atoms with Crippen molar-refractivity contribution in [2.75, 3.05) is 23.7 Å². The summed E-state index contributed by atoms with van der Waals surface area (Å²) in [4.78, 5) is 27.8. The van der Waals surface area contributed by atoms with Gasteiger partial charge >= 0.3 is 0 Å². The summed E-state index contributed by atoms with van der Waals surface area (Å²) in [5.74, 6) is 0.298. The Hall–Kier alpha value is -2.91. The third-order valence-corrected chi connectivity index (χ3v) is 6.82. The number of aromatic nitrogens is 4. The molecule has 1 aliphatic heterocycles. The highest BCUT2D eigenvalue weighted by Crippen LogP contribution is 2.35. The van der Waals surface area contributed by atoms with Crippen molar-refractivity contribution >= 4 is 40.2 Å². The molecule has 10 heteroatoms. The summed E-state index contributed by atoms with van der Waals surface area (Å²) in [6, 6.07) is 4.23. The van der Waals surface area contributed by atoms with Gasteiger partial charge in [-0.25, -0.2) is 15.0 Å². The molecule has 1 saturated carbocycles. The Balaban J connectivity index is 1.49. The van der Waals surface area contributed by atoms with E-state index in [1.54, 1.807) is 6.33 Å². The molecule has 32 heavy (non-hydrogen) atoms. The monoisotopic (exact) mass is 454 g/mol. The molecule has 2 aromatic heterocycles. The first-order valence-electron chi connectivity index (χ1n) is 11.0. The summed E-state index contributed by atoms with van der Waals surface area (Å²) in [5.41, 5.74) is 16.0. The van der Waals surface area contributed by atoms with Crippen molar-refractivity contribution in [1.29, 1.82) is 0 Å². The number of imidazole rings is 1. The number of amides is 1. The minimum Gasteiger partial charge on any atom is -0.382 e. The van der Waals surface area contributed by atoms with Gasteiger partial charge in [-0.15, -0.1) is 0 Å². The second-order valence-corrected chi connectivity index (χ2v) is 9.16. The standard InChI is InChI=1S/C22H27ClN8O/c1-2-14-15(9-31-12-28-18-19(24)26-11-27-20(18)31)17(6-5-16(14)23)30-8-7-22(25,10-30)21(32)29-13-3-4-13/h5-6,11-13H,2-4,7-10,25H2,1H3,(H,29,32)(H2,24,26,27)/t22-/m1/s1. The number of fused-ring (bicyclic) bond motifs is 1. The highest BCUT2D eigenvalue weighted by Gasteiger charge is 2.43. The van der Waals surface area contributed by atoms with E-state index >= 15 is 0 Å². The predicted octanol–water partition coefficient (Wildman–Crippen LogP) is 1.86. The topological polar surface area (TPSA) is 128 Å². The average Bonchev–Trinajstić information content (AvgIpc) is 3.35. The van der Waals surface area contributed by atoms with Crippen LogP contribution in [0.25, 0.3) is 11.2 Å². The van der Waals surface area contributed by atoms with Crippen LogP contribution < -0.4 is 21.7 Å². The zero-order chi connectivity index (χ0) is 22.5. The van der Waals surface area contributed by atoms with Gasteiger partial charge in [0.15, 0.2) is 11.5 Å². The number of anilines is 2. The molecule has 0 unspecified atom stereocenters. The molecule has 3 heterocycles. The Bertz CT molecular complexity index is 1190. The van der Waals surface area contributed by atoms with Crippen LogP contribution in [0.2, 0.25) is 5.02 Å². The Labute approximate surface area is 191 Å². The van der Waals surface area contributed by atoms with Crippen molar-refractivity contribution in [2.45, 2.75) is 50.7 Å². The molecule has 1 aliphatic carbocycles. The summed E-state index contributed by atoms with van der Waals surface area (Å²) in [5, 5.41) is 3.78. The lowest BCUT2D eigenvalue weighted by atomic mass is 9.98. The van der Waals surface area contributed by atoms with Crippen molar-refractivity contribution in [3.05, 3.63) is 40.9 Å². The van der Waals surface area contributed by atoms with Gasteiger partial charge in [-0.05, 0) is 48.9 Å². The smallest absolute Gasteiger partial charge is 0.242 e. The lowest BCUT2D eigenvalue weighted by Gasteiger charge is -2.27. The maximum absolute atomic E-state index is 12.8. The van der Waals surface area contributed by atoms with Crippen molar-refractivity contribution in [1.82, 2.24) is 24.8 Å². The van der Waals surface area contributed by atoms with Gasteiger partial charge in [0.1, 0.15) is 17.4 Å². The van der Waals surface area contributed by atoms with E-state index in [-0.39, 0.29) is 5.91 Å². The molecule has 1 saturated heterocycles. The molecule has 5 rings (SSSR count). The van der Waals surface area contributed by atoms with E-state index < -0.39 is 5.54 Å². The van der Waals surface area contributed by atoms with E-state index in [9.17, 15) is 4.79 Å². The second-order valence-electron chi connectivity index (χ2n) is 8.76. The SMILES string of the molecule is CCc1c(Cl)ccc(N2CC[C@](N)(C(=O)NC3CC3)C2)c1Cn1cnc2c(N)ncnc21. The number of halogens is 1. The van der Waals surface area contributed by atoms with E-state index in [2.05, 4.69) is 32.1 Å². The molecule has 1 aromatic carbocycles. The number of hydrogen-bond donors (Lipinski definition) is 3. The Morgan fingerprint density at radius 3 is 2.84 bits per heavy atom. The molecule has 0 spiro atoms. The molecule has 0 bridgehead atoms. The van der Waals surface area contributed by atoms with Crippen molar-refractivity contribution in [2.24, 2.45) is 5.73 Å². The van der Waals surface area contributed by atoms with Gasteiger partial charge in [0, 0.05) is 29.8 Å². The molecular formula is C22H27ClN8O. The maximum atomic E-state index is 12.8. The lowest BCUT2D eigenvalue weighted by molar-refractivity contribution is -0.125. The maximum Gasteiger partial charge on any atom is 0.242 e. The molecule has 1 amide bonds. The molecule has 5 N–H and O–H groups in total. The van der Waals surface area contributed by atoms with Crippen LogP contribution in [-0.2, 0) is 17.8 Å². The third-order valence-electron chi connectivity index (χ3n) is 6.47. The molecule has 168 valence electrons. The lowest BCUT2D eigenvalue weighted by Crippen LogP contribution is -2.56. The van der Waals surface area contributed by atoms with Gasteiger partial charge in [0.2, 0.25) is 5.91 Å². The fraction of sp³-hybridized carbons (Fsp3) is 0.455. The Kier molecular flexibility index (Phi) is 5.17. The molecule has 1 atom stereocenters. The minimum atomic E-state index is -0.894. The number of nitrogens with two attached hydrogens (primary N) is 2. The molecule has 2 fully saturated rings. The fourth-order valence-electron chi connectivity index (χ4n) is 4.47. The normalized spacial score (nSPS) is 20.8. The van der Waals surface area contributed by atoms with Crippen LogP contribution in [-0.4, -0.2) is 50.1 Å². The van der Waals surface area contributed by atoms with E-state index in [0.29, 0.717) is 49.1 Å². The number of rotatable bonds is 6. The summed E-state index contributed by atoms with van der Waals surface area (Å²) in [6.07, 6.45) is 6.62. The predicted molar refractivity (Wildman–Crippen MR) is 125 cm³/mol. The van der Waals surface area contributed by atoms with Crippen molar-refractivity contribution in [3.8, 4) is 0 Å².